The third-order valence-electron chi connectivity index (χ3n) is 3.97. The number of aromatic nitrogens is 1. The SMILES string of the molecule is CCc1ccc(CC(=O)N=c2sc3cc(Br)ccc3n2CC)cc1. The average molecular weight is 403 g/mol. The molecule has 0 aliphatic rings. The smallest absolute Gasteiger partial charge is 0.252 e. The van der Waals surface area contributed by atoms with Crippen molar-refractivity contribution in [2.45, 2.75) is 33.2 Å². The highest BCUT2D eigenvalue weighted by Gasteiger charge is 2.08. The molecule has 0 spiro atoms. The van der Waals surface area contributed by atoms with E-state index in [1.165, 1.54) is 5.56 Å². The summed E-state index contributed by atoms with van der Waals surface area (Å²) in [7, 11) is 0. The first-order chi connectivity index (χ1) is 11.6. The van der Waals surface area contributed by atoms with Crippen LogP contribution in [0.5, 0.6) is 0 Å². The molecule has 3 aromatic rings. The second-order valence-corrected chi connectivity index (χ2v) is 7.52. The Kier molecular flexibility index (Phi) is 5.31. The van der Waals surface area contributed by atoms with Gasteiger partial charge in [0.2, 0.25) is 0 Å². The van der Waals surface area contributed by atoms with Crippen LogP contribution in [0.15, 0.2) is 51.9 Å². The summed E-state index contributed by atoms with van der Waals surface area (Å²) >= 11 is 5.05. The van der Waals surface area contributed by atoms with Gasteiger partial charge in [-0.1, -0.05) is 58.5 Å². The van der Waals surface area contributed by atoms with Crippen LogP contribution >= 0.6 is 27.3 Å². The zero-order valence-corrected chi connectivity index (χ0v) is 16.2. The predicted octanol–water partition coefficient (Wildman–Crippen LogP) is 4.72. The number of thiazole rings is 1. The number of rotatable bonds is 4. The number of benzene rings is 2. The van der Waals surface area contributed by atoms with Crippen molar-refractivity contribution in [3.05, 3.63) is 62.9 Å². The first-order valence-electron chi connectivity index (χ1n) is 8.05. The standard InChI is InChI=1S/C19H19BrN2OS/c1-3-13-5-7-14(8-6-13)11-18(23)21-19-22(4-2)16-10-9-15(20)12-17(16)24-19/h5-10,12H,3-4,11H2,1-2H3. The average Bonchev–Trinajstić information content (AvgIpc) is 2.91. The van der Waals surface area contributed by atoms with Crippen molar-refractivity contribution in [3.8, 4) is 0 Å². The molecule has 3 rings (SSSR count). The Morgan fingerprint density at radius 1 is 1.12 bits per heavy atom. The Labute approximate surface area is 153 Å². The van der Waals surface area contributed by atoms with Crippen LogP contribution in [-0.4, -0.2) is 10.5 Å². The van der Waals surface area contributed by atoms with E-state index in [-0.39, 0.29) is 5.91 Å². The number of aryl methyl sites for hydroxylation is 2. The van der Waals surface area contributed by atoms with Gasteiger partial charge in [0.15, 0.2) is 4.80 Å². The number of hydrogen-bond acceptors (Lipinski definition) is 2. The zero-order valence-electron chi connectivity index (χ0n) is 13.8. The largest absolute Gasteiger partial charge is 0.317 e. The van der Waals surface area contributed by atoms with E-state index < -0.39 is 0 Å². The number of fused-ring (bicyclic) bond motifs is 1. The fourth-order valence-electron chi connectivity index (χ4n) is 2.65. The van der Waals surface area contributed by atoms with Crippen molar-refractivity contribution in [3.63, 3.8) is 0 Å². The van der Waals surface area contributed by atoms with Gasteiger partial charge in [-0.2, -0.15) is 4.99 Å². The fourth-order valence-corrected chi connectivity index (χ4v) is 4.31. The Bertz CT molecular complexity index is 938. The van der Waals surface area contributed by atoms with Gasteiger partial charge in [-0.05, 0) is 42.7 Å². The van der Waals surface area contributed by atoms with Gasteiger partial charge in [0, 0.05) is 11.0 Å². The highest BCUT2D eigenvalue weighted by Crippen LogP contribution is 2.22. The van der Waals surface area contributed by atoms with E-state index in [1.54, 1.807) is 11.3 Å². The summed E-state index contributed by atoms with van der Waals surface area (Å²) in [6.07, 6.45) is 1.35. The molecule has 0 saturated carbocycles. The molecule has 0 bridgehead atoms. The molecule has 0 aliphatic carbocycles. The second-order valence-electron chi connectivity index (χ2n) is 5.59. The minimum atomic E-state index is -0.105. The van der Waals surface area contributed by atoms with Gasteiger partial charge in [-0.3, -0.25) is 4.79 Å². The van der Waals surface area contributed by atoms with Crippen LogP contribution in [0, 0.1) is 0 Å². The summed E-state index contributed by atoms with van der Waals surface area (Å²) in [4.78, 5) is 17.5. The van der Waals surface area contributed by atoms with E-state index >= 15 is 0 Å². The molecule has 0 N–H and O–H groups in total. The lowest BCUT2D eigenvalue weighted by molar-refractivity contribution is -0.117. The summed E-state index contributed by atoms with van der Waals surface area (Å²) in [5.41, 5.74) is 3.40. The number of hydrogen-bond donors (Lipinski definition) is 0. The topological polar surface area (TPSA) is 34.4 Å². The maximum atomic E-state index is 12.4. The molecule has 124 valence electrons. The molecule has 0 atom stereocenters. The Morgan fingerprint density at radius 3 is 2.50 bits per heavy atom. The highest BCUT2D eigenvalue weighted by molar-refractivity contribution is 9.10. The van der Waals surface area contributed by atoms with Crippen molar-refractivity contribution in [1.29, 1.82) is 0 Å². The summed E-state index contributed by atoms with van der Waals surface area (Å²) in [6, 6.07) is 14.3. The van der Waals surface area contributed by atoms with E-state index in [1.807, 2.05) is 18.2 Å². The Balaban J connectivity index is 1.91. The summed E-state index contributed by atoms with van der Waals surface area (Å²) in [6.45, 7) is 4.99. The Morgan fingerprint density at radius 2 is 1.83 bits per heavy atom. The summed E-state index contributed by atoms with van der Waals surface area (Å²) < 4.78 is 4.25. The molecule has 5 heteroatoms. The maximum Gasteiger partial charge on any atom is 0.252 e. The molecular formula is C19H19BrN2OS. The van der Waals surface area contributed by atoms with Crippen molar-refractivity contribution in [1.82, 2.24) is 4.57 Å². The highest BCUT2D eigenvalue weighted by atomic mass is 79.9. The number of carbonyl (C=O) groups is 1. The van der Waals surface area contributed by atoms with Crippen LogP contribution < -0.4 is 4.80 Å². The molecular weight excluding hydrogens is 384 g/mol. The van der Waals surface area contributed by atoms with E-state index in [9.17, 15) is 4.79 Å². The van der Waals surface area contributed by atoms with Crippen LogP contribution in [0.1, 0.15) is 25.0 Å². The van der Waals surface area contributed by atoms with Gasteiger partial charge < -0.3 is 4.57 Å². The molecule has 1 heterocycles. The van der Waals surface area contributed by atoms with Crippen molar-refractivity contribution >= 4 is 43.4 Å². The monoisotopic (exact) mass is 402 g/mol. The first kappa shape index (κ1) is 17.1. The normalized spacial score (nSPS) is 12.0. The van der Waals surface area contributed by atoms with Gasteiger partial charge in [-0.25, -0.2) is 0 Å². The third kappa shape index (κ3) is 3.68. The lowest BCUT2D eigenvalue weighted by Gasteiger charge is -2.01. The zero-order chi connectivity index (χ0) is 17.1. The second kappa shape index (κ2) is 7.45. The molecule has 2 aromatic carbocycles. The van der Waals surface area contributed by atoms with Crippen LogP contribution in [0.2, 0.25) is 0 Å². The van der Waals surface area contributed by atoms with Gasteiger partial charge in [-0.15, -0.1) is 0 Å². The molecule has 24 heavy (non-hydrogen) atoms. The number of amides is 1. The van der Waals surface area contributed by atoms with Gasteiger partial charge in [0.05, 0.1) is 16.6 Å². The molecule has 0 radical (unpaired) electrons. The fraction of sp³-hybridized carbons (Fsp3) is 0.263. The predicted molar refractivity (Wildman–Crippen MR) is 103 cm³/mol. The van der Waals surface area contributed by atoms with Crippen LogP contribution in [0.4, 0.5) is 0 Å². The summed E-state index contributed by atoms with van der Waals surface area (Å²) in [5.74, 6) is -0.105. The summed E-state index contributed by atoms with van der Waals surface area (Å²) in [5, 5.41) is 0. The quantitative estimate of drug-likeness (QED) is 0.621. The molecule has 0 saturated heterocycles. The lowest BCUT2D eigenvalue weighted by atomic mass is 10.1. The number of halogens is 1. The maximum absolute atomic E-state index is 12.4. The molecule has 1 aromatic heterocycles. The van der Waals surface area contributed by atoms with E-state index in [4.69, 9.17) is 0 Å². The first-order valence-corrected chi connectivity index (χ1v) is 9.66. The van der Waals surface area contributed by atoms with Crippen LogP contribution in [0.3, 0.4) is 0 Å². The minimum absolute atomic E-state index is 0.105. The number of carbonyl (C=O) groups excluding carboxylic acids is 1. The Hall–Kier alpha value is -1.72. The molecule has 0 aliphatic heterocycles. The molecule has 3 nitrogen and oxygen atoms in total. The van der Waals surface area contributed by atoms with Gasteiger partial charge >= 0.3 is 0 Å². The minimum Gasteiger partial charge on any atom is -0.317 e. The van der Waals surface area contributed by atoms with Gasteiger partial charge in [0.25, 0.3) is 5.91 Å². The van der Waals surface area contributed by atoms with Crippen molar-refractivity contribution in [2.75, 3.05) is 0 Å². The number of nitrogens with zero attached hydrogens (tertiary/aromatic N) is 2. The molecule has 0 unspecified atom stereocenters. The lowest BCUT2D eigenvalue weighted by Crippen LogP contribution is -2.16. The third-order valence-corrected chi connectivity index (χ3v) is 5.50. The van der Waals surface area contributed by atoms with Crippen LogP contribution in [-0.2, 0) is 24.2 Å². The van der Waals surface area contributed by atoms with E-state index in [0.29, 0.717) is 6.42 Å². The van der Waals surface area contributed by atoms with E-state index in [0.717, 1.165) is 38.0 Å². The van der Waals surface area contributed by atoms with Crippen molar-refractivity contribution < 1.29 is 4.79 Å². The van der Waals surface area contributed by atoms with Gasteiger partial charge in [0.1, 0.15) is 0 Å². The van der Waals surface area contributed by atoms with Crippen LogP contribution in [0.25, 0.3) is 10.2 Å². The van der Waals surface area contributed by atoms with Crippen molar-refractivity contribution in [2.24, 2.45) is 4.99 Å². The van der Waals surface area contributed by atoms with E-state index in [2.05, 4.69) is 63.6 Å². The molecule has 1 amide bonds. The molecule has 0 fully saturated rings.